The zero-order valence-corrected chi connectivity index (χ0v) is 14.3. The van der Waals surface area contributed by atoms with Crippen LogP contribution in [-0.2, 0) is 6.54 Å². The number of aromatic nitrogens is 1. The molecule has 124 valence electrons. The van der Waals surface area contributed by atoms with E-state index in [1.54, 1.807) is 0 Å². The first-order valence-corrected chi connectivity index (χ1v) is 8.40. The van der Waals surface area contributed by atoms with Gasteiger partial charge in [0.2, 0.25) is 0 Å². The standard InChI is InChI=1S/C18H24N4.ClH/c1-3-15-5-2-7-20-18(15)16(4-1)13-21-10-6-17(14-21)22-11-8-19-9-12-22;/h1-5,7,17,19H,6,8-14H2;1H. The molecule has 1 N–H and O–H groups in total. The van der Waals surface area contributed by atoms with E-state index in [1.165, 1.54) is 43.5 Å². The van der Waals surface area contributed by atoms with E-state index in [2.05, 4.69) is 44.4 Å². The summed E-state index contributed by atoms with van der Waals surface area (Å²) in [5.74, 6) is 0. The number of hydrogen-bond donors (Lipinski definition) is 1. The van der Waals surface area contributed by atoms with Gasteiger partial charge in [-0.15, -0.1) is 12.4 Å². The molecule has 0 aliphatic carbocycles. The minimum absolute atomic E-state index is 0. The van der Waals surface area contributed by atoms with Crippen molar-refractivity contribution in [1.29, 1.82) is 0 Å². The third-order valence-electron chi connectivity index (χ3n) is 5.03. The normalized spacial score (nSPS) is 23.0. The molecule has 2 aliphatic heterocycles. The average Bonchev–Trinajstić information content (AvgIpc) is 3.05. The van der Waals surface area contributed by atoms with Crippen molar-refractivity contribution >= 4 is 23.3 Å². The molecule has 0 spiro atoms. The van der Waals surface area contributed by atoms with Crippen molar-refractivity contribution in [3.8, 4) is 0 Å². The van der Waals surface area contributed by atoms with Crippen molar-refractivity contribution in [3.63, 3.8) is 0 Å². The monoisotopic (exact) mass is 332 g/mol. The second-order valence-corrected chi connectivity index (χ2v) is 6.46. The summed E-state index contributed by atoms with van der Waals surface area (Å²) in [5.41, 5.74) is 2.52. The first-order chi connectivity index (χ1) is 10.9. The molecule has 2 aliphatic rings. The summed E-state index contributed by atoms with van der Waals surface area (Å²) < 4.78 is 0. The number of fused-ring (bicyclic) bond motifs is 1. The van der Waals surface area contributed by atoms with Crippen LogP contribution in [0.15, 0.2) is 36.5 Å². The molecule has 2 fully saturated rings. The lowest BCUT2D eigenvalue weighted by atomic mass is 10.1. The number of nitrogens with one attached hydrogen (secondary N) is 1. The summed E-state index contributed by atoms with van der Waals surface area (Å²) in [5, 5.41) is 4.69. The summed E-state index contributed by atoms with van der Waals surface area (Å²) in [4.78, 5) is 9.84. The molecule has 4 nitrogen and oxygen atoms in total. The number of nitrogens with zero attached hydrogens (tertiary/aromatic N) is 3. The number of rotatable bonds is 3. The maximum absolute atomic E-state index is 4.59. The Morgan fingerprint density at radius 3 is 2.78 bits per heavy atom. The number of pyridine rings is 1. The predicted octanol–water partition coefficient (Wildman–Crippen LogP) is 2.14. The zero-order chi connectivity index (χ0) is 14.8. The zero-order valence-electron chi connectivity index (χ0n) is 13.4. The first-order valence-electron chi connectivity index (χ1n) is 8.40. The minimum Gasteiger partial charge on any atom is -0.314 e. The molecule has 1 aromatic carbocycles. The van der Waals surface area contributed by atoms with Gasteiger partial charge in [-0.1, -0.05) is 24.3 Å². The van der Waals surface area contributed by atoms with Crippen LogP contribution in [0.3, 0.4) is 0 Å². The summed E-state index contributed by atoms with van der Waals surface area (Å²) in [7, 11) is 0. The molecule has 0 saturated carbocycles. The van der Waals surface area contributed by atoms with E-state index in [-0.39, 0.29) is 12.4 Å². The van der Waals surface area contributed by atoms with Crippen molar-refractivity contribution in [1.82, 2.24) is 20.1 Å². The van der Waals surface area contributed by atoms with Gasteiger partial charge in [0, 0.05) is 63.4 Å². The second kappa shape index (κ2) is 7.58. The van der Waals surface area contributed by atoms with Crippen molar-refractivity contribution in [2.45, 2.75) is 19.0 Å². The van der Waals surface area contributed by atoms with Gasteiger partial charge in [-0.3, -0.25) is 14.8 Å². The van der Waals surface area contributed by atoms with Crippen molar-refractivity contribution in [2.24, 2.45) is 0 Å². The van der Waals surface area contributed by atoms with Crippen LogP contribution in [0.4, 0.5) is 0 Å². The third kappa shape index (κ3) is 3.66. The number of hydrogen-bond acceptors (Lipinski definition) is 4. The molecule has 5 heteroatoms. The van der Waals surface area contributed by atoms with E-state index in [0.29, 0.717) is 0 Å². The Balaban J connectivity index is 0.00000156. The smallest absolute Gasteiger partial charge is 0.0746 e. The van der Waals surface area contributed by atoms with Gasteiger partial charge in [-0.25, -0.2) is 0 Å². The Labute approximate surface area is 144 Å². The van der Waals surface area contributed by atoms with E-state index in [0.717, 1.165) is 31.2 Å². The Hall–Kier alpha value is -1.20. The fourth-order valence-corrected chi connectivity index (χ4v) is 3.84. The summed E-state index contributed by atoms with van der Waals surface area (Å²) >= 11 is 0. The highest BCUT2D eigenvalue weighted by molar-refractivity contribution is 5.85. The van der Waals surface area contributed by atoms with Crippen molar-refractivity contribution in [3.05, 3.63) is 42.1 Å². The SMILES string of the molecule is Cl.c1cnc2c(CN3CCC(N4CCNCC4)C3)cccc2c1. The maximum Gasteiger partial charge on any atom is 0.0746 e. The fourth-order valence-electron chi connectivity index (χ4n) is 3.84. The Morgan fingerprint density at radius 1 is 1.09 bits per heavy atom. The predicted molar refractivity (Wildman–Crippen MR) is 97.1 cm³/mol. The Bertz CT molecular complexity index is 636. The molecule has 0 radical (unpaired) electrons. The average molecular weight is 333 g/mol. The van der Waals surface area contributed by atoms with Crippen molar-refractivity contribution < 1.29 is 0 Å². The molecule has 1 unspecified atom stereocenters. The highest BCUT2D eigenvalue weighted by Gasteiger charge is 2.28. The van der Waals surface area contributed by atoms with E-state index in [9.17, 15) is 0 Å². The van der Waals surface area contributed by atoms with E-state index in [1.807, 2.05) is 12.3 Å². The largest absolute Gasteiger partial charge is 0.314 e. The molecule has 4 rings (SSSR count). The highest BCUT2D eigenvalue weighted by atomic mass is 35.5. The van der Waals surface area contributed by atoms with Crippen LogP contribution in [0.1, 0.15) is 12.0 Å². The van der Waals surface area contributed by atoms with Crippen LogP contribution in [0.5, 0.6) is 0 Å². The van der Waals surface area contributed by atoms with Crippen LogP contribution < -0.4 is 5.32 Å². The van der Waals surface area contributed by atoms with Crippen LogP contribution in [0, 0.1) is 0 Å². The number of halogens is 1. The molecular weight excluding hydrogens is 308 g/mol. The minimum atomic E-state index is 0. The lowest BCUT2D eigenvalue weighted by Crippen LogP contribution is -2.49. The molecule has 23 heavy (non-hydrogen) atoms. The van der Waals surface area contributed by atoms with Gasteiger partial charge in [0.15, 0.2) is 0 Å². The molecule has 0 bridgehead atoms. The second-order valence-electron chi connectivity index (χ2n) is 6.46. The molecule has 1 aromatic heterocycles. The molecule has 1 atom stereocenters. The first kappa shape index (κ1) is 16.7. The van der Waals surface area contributed by atoms with Crippen LogP contribution >= 0.6 is 12.4 Å². The van der Waals surface area contributed by atoms with Crippen LogP contribution in [-0.4, -0.2) is 60.1 Å². The van der Waals surface area contributed by atoms with Gasteiger partial charge in [0.25, 0.3) is 0 Å². The van der Waals surface area contributed by atoms with Gasteiger partial charge < -0.3 is 5.32 Å². The lowest BCUT2D eigenvalue weighted by Gasteiger charge is -2.32. The topological polar surface area (TPSA) is 31.4 Å². The van der Waals surface area contributed by atoms with Gasteiger partial charge in [0.1, 0.15) is 0 Å². The van der Waals surface area contributed by atoms with Gasteiger partial charge in [0.05, 0.1) is 5.52 Å². The van der Waals surface area contributed by atoms with Gasteiger partial charge in [-0.05, 0) is 18.1 Å². The maximum atomic E-state index is 4.59. The van der Waals surface area contributed by atoms with E-state index >= 15 is 0 Å². The summed E-state index contributed by atoms with van der Waals surface area (Å²) in [6.45, 7) is 8.12. The number of piperazine rings is 1. The molecule has 3 heterocycles. The van der Waals surface area contributed by atoms with Crippen molar-refractivity contribution in [2.75, 3.05) is 39.3 Å². The summed E-state index contributed by atoms with van der Waals surface area (Å²) in [6.07, 6.45) is 3.21. The number of benzene rings is 1. The van der Waals surface area contributed by atoms with Crippen LogP contribution in [0.2, 0.25) is 0 Å². The van der Waals surface area contributed by atoms with Gasteiger partial charge >= 0.3 is 0 Å². The lowest BCUT2D eigenvalue weighted by molar-refractivity contribution is 0.170. The van der Waals surface area contributed by atoms with Crippen LogP contribution in [0.25, 0.3) is 10.9 Å². The number of likely N-dealkylation sites (tertiary alicyclic amines) is 1. The molecule has 2 saturated heterocycles. The van der Waals surface area contributed by atoms with E-state index in [4.69, 9.17) is 0 Å². The Morgan fingerprint density at radius 2 is 1.91 bits per heavy atom. The van der Waals surface area contributed by atoms with E-state index < -0.39 is 0 Å². The highest BCUT2D eigenvalue weighted by Crippen LogP contribution is 2.22. The van der Waals surface area contributed by atoms with Gasteiger partial charge in [-0.2, -0.15) is 0 Å². The molecule has 0 amide bonds. The molecular formula is C18H25ClN4. The summed E-state index contributed by atoms with van der Waals surface area (Å²) in [6, 6.07) is 11.4. The molecule has 2 aromatic rings. The number of para-hydroxylation sites is 1. The fraction of sp³-hybridized carbons (Fsp3) is 0.500. The quantitative estimate of drug-likeness (QED) is 0.933. The Kier molecular flexibility index (Phi) is 5.49. The third-order valence-corrected chi connectivity index (χ3v) is 5.03.